The van der Waals surface area contributed by atoms with Gasteiger partial charge in [-0.15, -0.1) is 11.3 Å². The number of rotatable bonds is 6. The molecule has 3 N–H and O–H groups in total. The molecule has 0 atom stereocenters. The van der Waals surface area contributed by atoms with Crippen molar-refractivity contribution in [2.75, 3.05) is 13.1 Å². The average molecular weight is 269 g/mol. The van der Waals surface area contributed by atoms with E-state index in [2.05, 4.69) is 15.6 Å². The van der Waals surface area contributed by atoms with Crippen molar-refractivity contribution < 1.29 is 14.7 Å². The number of carbonyl (C=O) groups excluding carboxylic acids is 1. The van der Waals surface area contributed by atoms with Gasteiger partial charge < -0.3 is 15.7 Å². The largest absolute Gasteiger partial charge is 0.481 e. The second-order valence-electron chi connectivity index (χ2n) is 4.42. The second kappa shape index (κ2) is 5.34. The highest BCUT2D eigenvalue weighted by molar-refractivity contribution is 7.07. The number of nitrogens with zero attached hydrogens (tertiary/aromatic N) is 1. The van der Waals surface area contributed by atoms with Crippen LogP contribution >= 0.6 is 11.3 Å². The number of amides is 2. The van der Waals surface area contributed by atoms with Crippen LogP contribution in [0.4, 0.5) is 4.79 Å². The van der Waals surface area contributed by atoms with Crippen molar-refractivity contribution in [3.8, 4) is 0 Å². The van der Waals surface area contributed by atoms with Gasteiger partial charge in [-0.05, 0) is 12.8 Å². The summed E-state index contributed by atoms with van der Waals surface area (Å²) in [5.74, 6) is -0.828. The Morgan fingerprint density at radius 3 is 2.78 bits per heavy atom. The summed E-state index contributed by atoms with van der Waals surface area (Å²) in [6.07, 6.45) is 1.96. The number of hydrogen-bond donors (Lipinski definition) is 3. The number of nitrogens with one attached hydrogen (secondary N) is 2. The van der Waals surface area contributed by atoms with E-state index in [4.69, 9.17) is 5.11 Å². The fraction of sp³-hybridized carbons (Fsp3) is 0.545. The summed E-state index contributed by atoms with van der Waals surface area (Å²) < 4.78 is 0. The SMILES string of the molecule is O=C(NCCc1cscn1)NCC1(C(=O)O)CC1. The third-order valence-electron chi connectivity index (χ3n) is 3.04. The molecular weight excluding hydrogens is 254 g/mol. The minimum absolute atomic E-state index is 0.199. The Labute approximate surface area is 108 Å². The first-order valence-corrected chi connectivity index (χ1v) is 6.69. The molecule has 98 valence electrons. The van der Waals surface area contributed by atoms with E-state index in [-0.39, 0.29) is 12.6 Å². The van der Waals surface area contributed by atoms with Crippen LogP contribution in [-0.4, -0.2) is 35.2 Å². The lowest BCUT2D eigenvalue weighted by atomic mass is 10.1. The number of hydrogen-bond acceptors (Lipinski definition) is 4. The van der Waals surface area contributed by atoms with Gasteiger partial charge in [0.05, 0.1) is 16.6 Å². The monoisotopic (exact) mass is 269 g/mol. The molecule has 1 heterocycles. The molecule has 0 bridgehead atoms. The standard InChI is InChI=1S/C11H15N3O3S/c15-9(16)11(2-3-11)6-13-10(17)12-4-1-8-5-18-7-14-8/h5,7H,1-4,6H2,(H,15,16)(H2,12,13,17). The summed E-state index contributed by atoms with van der Waals surface area (Å²) in [4.78, 5) is 26.4. The molecule has 2 amide bonds. The Balaban J connectivity index is 1.62. The second-order valence-corrected chi connectivity index (χ2v) is 5.14. The number of aliphatic carboxylic acids is 1. The first-order valence-electron chi connectivity index (χ1n) is 5.75. The summed E-state index contributed by atoms with van der Waals surface area (Å²) in [6.45, 7) is 0.695. The third kappa shape index (κ3) is 3.19. The summed E-state index contributed by atoms with van der Waals surface area (Å²) in [5, 5.41) is 16.2. The van der Waals surface area contributed by atoms with E-state index in [0.717, 1.165) is 5.69 Å². The Kier molecular flexibility index (Phi) is 3.81. The van der Waals surface area contributed by atoms with Crippen LogP contribution in [0.5, 0.6) is 0 Å². The molecule has 7 heteroatoms. The van der Waals surface area contributed by atoms with Gasteiger partial charge in [0.2, 0.25) is 0 Å². The van der Waals surface area contributed by atoms with Gasteiger partial charge in [0.15, 0.2) is 0 Å². The molecule has 1 aromatic heterocycles. The van der Waals surface area contributed by atoms with E-state index in [9.17, 15) is 9.59 Å². The van der Waals surface area contributed by atoms with Crippen LogP contribution in [0.3, 0.4) is 0 Å². The van der Waals surface area contributed by atoms with E-state index in [1.807, 2.05) is 5.38 Å². The molecular formula is C11H15N3O3S. The quantitative estimate of drug-likeness (QED) is 0.714. The predicted molar refractivity (Wildman–Crippen MR) is 66.5 cm³/mol. The van der Waals surface area contributed by atoms with Crippen molar-refractivity contribution in [2.45, 2.75) is 19.3 Å². The summed E-state index contributed by atoms with van der Waals surface area (Å²) in [6, 6.07) is -0.322. The van der Waals surface area contributed by atoms with Crippen molar-refractivity contribution in [3.63, 3.8) is 0 Å². The van der Waals surface area contributed by atoms with Crippen molar-refractivity contribution >= 4 is 23.3 Å². The highest BCUT2D eigenvalue weighted by Crippen LogP contribution is 2.45. The fourth-order valence-corrected chi connectivity index (χ4v) is 2.19. The lowest BCUT2D eigenvalue weighted by Crippen LogP contribution is -2.41. The third-order valence-corrected chi connectivity index (χ3v) is 3.68. The van der Waals surface area contributed by atoms with Gasteiger partial charge in [0.1, 0.15) is 0 Å². The average Bonchev–Trinajstić information content (AvgIpc) is 2.97. The molecule has 0 aliphatic heterocycles. The number of aromatic nitrogens is 1. The van der Waals surface area contributed by atoms with Crippen molar-refractivity contribution in [2.24, 2.45) is 5.41 Å². The molecule has 0 radical (unpaired) electrons. The molecule has 0 spiro atoms. The van der Waals surface area contributed by atoms with Crippen LogP contribution in [0.25, 0.3) is 0 Å². The topological polar surface area (TPSA) is 91.3 Å². The van der Waals surface area contributed by atoms with E-state index in [0.29, 0.717) is 25.8 Å². The Morgan fingerprint density at radius 1 is 1.44 bits per heavy atom. The molecule has 1 aromatic rings. The van der Waals surface area contributed by atoms with E-state index in [1.54, 1.807) is 5.51 Å². The van der Waals surface area contributed by atoms with E-state index < -0.39 is 11.4 Å². The van der Waals surface area contributed by atoms with Crippen molar-refractivity contribution in [3.05, 3.63) is 16.6 Å². The summed E-state index contributed by atoms with van der Waals surface area (Å²) in [5.41, 5.74) is 1.98. The van der Waals surface area contributed by atoms with Crippen LogP contribution in [-0.2, 0) is 11.2 Å². The summed E-state index contributed by atoms with van der Waals surface area (Å²) >= 11 is 1.52. The highest BCUT2D eigenvalue weighted by Gasteiger charge is 2.50. The lowest BCUT2D eigenvalue weighted by molar-refractivity contribution is -0.143. The Morgan fingerprint density at radius 2 is 2.22 bits per heavy atom. The number of thiazole rings is 1. The molecule has 1 saturated carbocycles. The molecule has 18 heavy (non-hydrogen) atoms. The zero-order chi connectivity index (χ0) is 13.0. The Bertz CT molecular complexity index is 429. The lowest BCUT2D eigenvalue weighted by Gasteiger charge is -2.11. The van der Waals surface area contributed by atoms with Crippen LogP contribution in [0.1, 0.15) is 18.5 Å². The number of carboxylic acid groups (broad SMARTS) is 1. The minimum atomic E-state index is -0.828. The predicted octanol–water partition coefficient (Wildman–Crippen LogP) is 0.850. The van der Waals surface area contributed by atoms with Crippen LogP contribution < -0.4 is 10.6 Å². The van der Waals surface area contributed by atoms with Crippen molar-refractivity contribution in [1.82, 2.24) is 15.6 Å². The van der Waals surface area contributed by atoms with Gasteiger partial charge in [0.25, 0.3) is 0 Å². The summed E-state index contributed by atoms with van der Waals surface area (Å²) in [7, 11) is 0. The Hall–Kier alpha value is -1.63. The number of carboxylic acids is 1. The first kappa shape index (κ1) is 12.8. The molecule has 0 unspecified atom stereocenters. The highest BCUT2D eigenvalue weighted by atomic mass is 32.1. The van der Waals surface area contributed by atoms with Gasteiger partial charge in [-0.25, -0.2) is 9.78 Å². The molecule has 2 rings (SSSR count). The maximum absolute atomic E-state index is 11.4. The van der Waals surface area contributed by atoms with E-state index >= 15 is 0 Å². The van der Waals surface area contributed by atoms with Gasteiger partial charge in [0, 0.05) is 24.9 Å². The molecule has 0 aromatic carbocycles. The zero-order valence-corrected chi connectivity index (χ0v) is 10.6. The van der Waals surface area contributed by atoms with Crippen molar-refractivity contribution in [1.29, 1.82) is 0 Å². The van der Waals surface area contributed by atoms with Crippen LogP contribution in [0.15, 0.2) is 10.9 Å². The molecule has 1 aliphatic rings. The maximum atomic E-state index is 11.4. The first-order chi connectivity index (χ1) is 8.62. The number of carbonyl (C=O) groups is 2. The molecule has 6 nitrogen and oxygen atoms in total. The molecule has 1 aliphatic carbocycles. The zero-order valence-electron chi connectivity index (χ0n) is 9.81. The van der Waals surface area contributed by atoms with E-state index in [1.165, 1.54) is 11.3 Å². The van der Waals surface area contributed by atoms with Crippen LogP contribution in [0.2, 0.25) is 0 Å². The smallest absolute Gasteiger partial charge is 0.314 e. The van der Waals surface area contributed by atoms with Gasteiger partial charge in [-0.3, -0.25) is 4.79 Å². The normalized spacial score (nSPS) is 16.0. The fourth-order valence-electron chi connectivity index (χ4n) is 1.59. The van der Waals surface area contributed by atoms with Gasteiger partial charge >= 0.3 is 12.0 Å². The van der Waals surface area contributed by atoms with Gasteiger partial charge in [-0.1, -0.05) is 0 Å². The maximum Gasteiger partial charge on any atom is 0.314 e. The minimum Gasteiger partial charge on any atom is -0.481 e. The molecule has 0 saturated heterocycles. The van der Waals surface area contributed by atoms with Crippen LogP contribution in [0, 0.1) is 5.41 Å². The van der Waals surface area contributed by atoms with Gasteiger partial charge in [-0.2, -0.15) is 0 Å². The number of urea groups is 1. The molecule has 1 fully saturated rings.